The molecule has 0 amide bonds. The Kier molecular flexibility index (Phi) is 3.54. The van der Waals surface area contributed by atoms with Gasteiger partial charge in [0.1, 0.15) is 0 Å². The maximum atomic E-state index is 5.64. The molecule has 0 aliphatic rings. The van der Waals surface area contributed by atoms with Crippen molar-refractivity contribution in [3.05, 3.63) is 47.5 Å². The normalized spacial score (nSPS) is 10.9. The van der Waals surface area contributed by atoms with Crippen LogP contribution < -0.4 is 11.5 Å². The van der Waals surface area contributed by atoms with Gasteiger partial charge >= 0.3 is 0 Å². The Bertz CT molecular complexity index is 433. The summed E-state index contributed by atoms with van der Waals surface area (Å²) in [6.07, 6.45) is 1.86. The fourth-order valence-electron chi connectivity index (χ4n) is 2.11. The highest BCUT2D eigenvalue weighted by molar-refractivity contribution is 5.84. The fourth-order valence-corrected chi connectivity index (χ4v) is 2.11. The number of nitrogens with two attached hydrogens (primary N) is 2. The molecule has 0 saturated heterocycles. The summed E-state index contributed by atoms with van der Waals surface area (Å²) < 4.78 is 0. The number of benzene rings is 2. The van der Waals surface area contributed by atoms with Crippen molar-refractivity contribution in [3.63, 3.8) is 0 Å². The van der Waals surface area contributed by atoms with Gasteiger partial charge in [-0.25, -0.2) is 0 Å². The van der Waals surface area contributed by atoms with Gasteiger partial charge in [-0.3, -0.25) is 0 Å². The molecule has 0 aliphatic carbocycles. The summed E-state index contributed by atoms with van der Waals surface area (Å²) in [7, 11) is 0. The standard InChI is InChI=1S/C14H18N2/c15-7-5-13-9-11-3-1-2-4-12(11)10-14(13)6-8-16/h1-4,9-10H,5-8,15-16H2. The van der Waals surface area contributed by atoms with Crippen LogP contribution in [0.3, 0.4) is 0 Å². The van der Waals surface area contributed by atoms with Crippen LogP contribution in [0.4, 0.5) is 0 Å². The Morgan fingerprint density at radius 2 is 1.19 bits per heavy atom. The lowest BCUT2D eigenvalue weighted by Gasteiger charge is -2.10. The van der Waals surface area contributed by atoms with E-state index >= 15 is 0 Å². The predicted molar refractivity (Wildman–Crippen MR) is 69.5 cm³/mol. The van der Waals surface area contributed by atoms with Gasteiger partial charge < -0.3 is 11.5 Å². The molecule has 0 aromatic heterocycles. The molecule has 16 heavy (non-hydrogen) atoms. The molecule has 0 unspecified atom stereocenters. The van der Waals surface area contributed by atoms with Gasteiger partial charge in [-0.05, 0) is 47.8 Å². The van der Waals surface area contributed by atoms with Crippen LogP contribution >= 0.6 is 0 Å². The van der Waals surface area contributed by atoms with Crippen LogP contribution in [0, 0.1) is 0 Å². The van der Waals surface area contributed by atoms with Crippen molar-refractivity contribution >= 4 is 10.8 Å². The van der Waals surface area contributed by atoms with Crippen molar-refractivity contribution in [2.24, 2.45) is 11.5 Å². The molecule has 4 N–H and O–H groups in total. The minimum Gasteiger partial charge on any atom is -0.330 e. The number of hydrogen-bond acceptors (Lipinski definition) is 2. The van der Waals surface area contributed by atoms with E-state index in [9.17, 15) is 0 Å². The van der Waals surface area contributed by atoms with Gasteiger partial charge in [0.25, 0.3) is 0 Å². The topological polar surface area (TPSA) is 52.0 Å². The Morgan fingerprint density at radius 1 is 0.750 bits per heavy atom. The number of fused-ring (bicyclic) bond motifs is 1. The van der Waals surface area contributed by atoms with Crippen LogP contribution in [0.2, 0.25) is 0 Å². The molecule has 2 heteroatoms. The minimum atomic E-state index is 0.690. The Balaban J connectivity index is 2.51. The first-order valence-electron chi connectivity index (χ1n) is 5.76. The molecular formula is C14H18N2. The molecule has 0 atom stereocenters. The predicted octanol–water partition coefficient (Wildman–Crippen LogP) is 1.84. The third kappa shape index (κ3) is 2.23. The third-order valence-corrected chi connectivity index (χ3v) is 2.90. The second-order valence-corrected chi connectivity index (χ2v) is 4.05. The second-order valence-electron chi connectivity index (χ2n) is 4.05. The van der Waals surface area contributed by atoms with E-state index in [4.69, 9.17) is 11.5 Å². The van der Waals surface area contributed by atoms with E-state index in [0.29, 0.717) is 13.1 Å². The maximum absolute atomic E-state index is 5.64. The van der Waals surface area contributed by atoms with Crippen LogP contribution in [0.5, 0.6) is 0 Å². The van der Waals surface area contributed by atoms with E-state index in [1.165, 1.54) is 21.9 Å². The highest BCUT2D eigenvalue weighted by Gasteiger charge is 2.03. The molecule has 84 valence electrons. The largest absolute Gasteiger partial charge is 0.330 e. The number of rotatable bonds is 4. The van der Waals surface area contributed by atoms with Crippen LogP contribution in [-0.2, 0) is 12.8 Å². The molecule has 0 bridgehead atoms. The fraction of sp³-hybridized carbons (Fsp3) is 0.286. The molecule has 0 fully saturated rings. The average molecular weight is 214 g/mol. The Labute approximate surface area is 96.3 Å². The first kappa shape index (κ1) is 11.1. The van der Waals surface area contributed by atoms with E-state index < -0.39 is 0 Å². The lowest BCUT2D eigenvalue weighted by molar-refractivity contribution is 0.908. The van der Waals surface area contributed by atoms with E-state index in [1.807, 2.05) is 0 Å². The van der Waals surface area contributed by atoms with Gasteiger partial charge in [-0.2, -0.15) is 0 Å². The van der Waals surface area contributed by atoms with Crippen molar-refractivity contribution in [3.8, 4) is 0 Å². The molecule has 2 rings (SSSR count). The highest BCUT2D eigenvalue weighted by Crippen LogP contribution is 2.20. The zero-order valence-corrected chi connectivity index (χ0v) is 9.45. The third-order valence-electron chi connectivity index (χ3n) is 2.90. The first-order chi connectivity index (χ1) is 7.85. The van der Waals surface area contributed by atoms with Gasteiger partial charge in [0.2, 0.25) is 0 Å². The van der Waals surface area contributed by atoms with Crippen molar-refractivity contribution < 1.29 is 0 Å². The van der Waals surface area contributed by atoms with Crippen LogP contribution in [-0.4, -0.2) is 13.1 Å². The second kappa shape index (κ2) is 5.10. The average Bonchev–Trinajstić information content (AvgIpc) is 2.30. The summed E-state index contributed by atoms with van der Waals surface area (Å²) in [5.41, 5.74) is 14.0. The van der Waals surface area contributed by atoms with Crippen molar-refractivity contribution in [2.75, 3.05) is 13.1 Å². The van der Waals surface area contributed by atoms with E-state index in [-0.39, 0.29) is 0 Å². The first-order valence-corrected chi connectivity index (χ1v) is 5.76. The zero-order chi connectivity index (χ0) is 11.4. The van der Waals surface area contributed by atoms with Gasteiger partial charge in [0.05, 0.1) is 0 Å². The summed E-state index contributed by atoms with van der Waals surface area (Å²) in [4.78, 5) is 0. The summed E-state index contributed by atoms with van der Waals surface area (Å²) in [5, 5.41) is 2.57. The SMILES string of the molecule is NCCc1cc2ccccc2cc1CCN. The van der Waals surface area contributed by atoms with Gasteiger partial charge in [-0.1, -0.05) is 36.4 Å². The zero-order valence-electron chi connectivity index (χ0n) is 9.45. The summed E-state index contributed by atoms with van der Waals surface area (Å²) >= 11 is 0. The highest BCUT2D eigenvalue weighted by atomic mass is 14.5. The Hall–Kier alpha value is -1.38. The van der Waals surface area contributed by atoms with Crippen LogP contribution in [0.15, 0.2) is 36.4 Å². The van der Waals surface area contributed by atoms with Gasteiger partial charge in [0, 0.05) is 0 Å². The monoisotopic (exact) mass is 214 g/mol. The van der Waals surface area contributed by atoms with Gasteiger partial charge in [0.15, 0.2) is 0 Å². The molecular weight excluding hydrogens is 196 g/mol. The van der Waals surface area contributed by atoms with Gasteiger partial charge in [-0.15, -0.1) is 0 Å². The van der Waals surface area contributed by atoms with Crippen LogP contribution in [0.25, 0.3) is 10.8 Å². The number of hydrogen-bond donors (Lipinski definition) is 2. The van der Waals surface area contributed by atoms with Crippen LogP contribution in [0.1, 0.15) is 11.1 Å². The summed E-state index contributed by atoms with van der Waals surface area (Å²) in [6, 6.07) is 12.9. The van der Waals surface area contributed by atoms with Crippen molar-refractivity contribution in [1.82, 2.24) is 0 Å². The van der Waals surface area contributed by atoms with E-state index in [2.05, 4.69) is 36.4 Å². The van der Waals surface area contributed by atoms with E-state index in [0.717, 1.165) is 12.8 Å². The minimum absolute atomic E-state index is 0.690. The summed E-state index contributed by atoms with van der Waals surface area (Å²) in [6.45, 7) is 1.38. The molecule has 0 spiro atoms. The van der Waals surface area contributed by atoms with Crippen molar-refractivity contribution in [1.29, 1.82) is 0 Å². The molecule has 0 heterocycles. The Morgan fingerprint density at radius 3 is 1.56 bits per heavy atom. The molecule has 0 radical (unpaired) electrons. The molecule has 0 saturated carbocycles. The van der Waals surface area contributed by atoms with Crippen molar-refractivity contribution in [2.45, 2.75) is 12.8 Å². The summed E-state index contributed by atoms with van der Waals surface area (Å²) in [5.74, 6) is 0. The maximum Gasteiger partial charge on any atom is -0.00366 e. The lowest BCUT2D eigenvalue weighted by atomic mass is 9.97. The molecule has 2 aromatic carbocycles. The quantitative estimate of drug-likeness (QED) is 0.816. The van der Waals surface area contributed by atoms with E-state index in [1.54, 1.807) is 0 Å². The molecule has 0 aliphatic heterocycles. The smallest absolute Gasteiger partial charge is 0.00366 e. The molecule has 2 nitrogen and oxygen atoms in total. The molecule has 2 aromatic rings. The lowest BCUT2D eigenvalue weighted by Crippen LogP contribution is -2.09.